The van der Waals surface area contributed by atoms with Gasteiger partial charge in [-0.15, -0.1) is 0 Å². The number of para-hydroxylation sites is 3. The van der Waals surface area contributed by atoms with E-state index in [1.54, 1.807) is 0 Å². The zero-order valence-corrected chi connectivity index (χ0v) is 15.9. The van der Waals surface area contributed by atoms with Crippen LogP contribution in [0.5, 0.6) is 23.0 Å². The lowest BCUT2D eigenvalue weighted by Gasteiger charge is -2.12. The molecule has 0 radical (unpaired) electrons. The lowest BCUT2D eigenvalue weighted by molar-refractivity contribution is -0.116. The molecule has 1 aliphatic heterocycles. The van der Waals surface area contributed by atoms with Gasteiger partial charge in [-0.1, -0.05) is 36.4 Å². The van der Waals surface area contributed by atoms with Crippen molar-refractivity contribution >= 4 is 11.6 Å². The van der Waals surface area contributed by atoms with Crippen LogP contribution in [0.15, 0.2) is 72.8 Å². The highest BCUT2D eigenvalue weighted by Crippen LogP contribution is 2.32. The molecule has 1 heterocycles. The number of carbonyl (C=O) groups is 1. The number of benzene rings is 3. The van der Waals surface area contributed by atoms with E-state index in [0.29, 0.717) is 30.9 Å². The number of amides is 1. The molecule has 1 amide bonds. The fourth-order valence-electron chi connectivity index (χ4n) is 2.97. The van der Waals surface area contributed by atoms with Crippen molar-refractivity contribution in [2.24, 2.45) is 0 Å². The van der Waals surface area contributed by atoms with Gasteiger partial charge in [0.2, 0.25) is 12.7 Å². The predicted molar refractivity (Wildman–Crippen MR) is 110 cm³/mol. The molecule has 29 heavy (non-hydrogen) atoms. The Morgan fingerprint density at radius 1 is 0.931 bits per heavy atom. The monoisotopic (exact) mass is 390 g/mol. The first-order valence-corrected chi connectivity index (χ1v) is 9.49. The van der Waals surface area contributed by atoms with Crippen molar-refractivity contribution in [3.8, 4) is 23.0 Å². The van der Waals surface area contributed by atoms with Gasteiger partial charge in [0.25, 0.3) is 0 Å². The van der Waals surface area contributed by atoms with E-state index in [2.05, 4.69) is 10.6 Å². The maximum absolute atomic E-state index is 12.3. The summed E-state index contributed by atoms with van der Waals surface area (Å²) < 4.78 is 16.6. The zero-order chi connectivity index (χ0) is 19.9. The Labute approximate surface area is 169 Å². The molecule has 1 aliphatic rings. The van der Waals surface area contributed by atoms with E-state index in [-0.39, 0.29) is 12.7 Å². The molecule has 6 heteroatoms. The van der Waals surface area contributed by atoms with E-state index in [1.807, 2.05) is 72.8 Å². The Morgan fingerprint density at radius 3 is 2.62 bits per heavy atom. The molecule has 6 nitrogen and oxygen atoms in total. The van der Waals surface area contributed by atoms with Crippen molar-refractivity contribution in [3.05, 3.63) is 78.4 Å². The van der Waals surface area contributed by atoms with Crippen LogP contribution in [-0.4, -0.2) is 19.2 Å². The van der Waals surface area contributed by atoms with Crippen LogP contribution in [0, 0.1) is 0 Å². The van der Waals surface area contributed by atoms with E-state index >= 15 is 0 Å². The third kappa shape index (κ3) is 5.06. The van der Waals surface area contributed by atoms with Crippen LogP contribution in [0.25, 0.3) is 0 Å². The third-order valence-electron chi connectivity index (χ3n) is 4.43. The van der Waals surface area contributed by atoms with Gasteiger partial charge in [0.15, 0.2) is 17.2 Å². The maximum Gasteiger partial charge on any atom is 0.231 e. The first-order chi connectivity index (χ1) is 14.3. The number of ether oxygens (including phenoxy) is 3. The molecule has 0 spiro atoms. The minimum Gasteiger partial charge on any atom is -0.455 e. The number of rotatable bonds is 8. The van der Waals surface area contributed by atoms with Crippen molar-refractivity contribution in [1.82, 2.24) is 5.32 Å². The highest BCUT2D eigenvalue weighted by atomic mass is 16.7. The van der Waals surface area contributed by atoms with Gasteiger partial charge in [-0.25, -0.2) is 0 Å². The van der Waals surface area contributed by atoms with Crippen LogP contribution in [0.3, 0.4) is 0 Å². The Balaban J connectivity index is 1.26. The highest BCUT2D eigenvalue weighted by molar-refractivity contribution is 5.92. The first-order valence-electron chi connectivity index (χ1n) is 9.49. The Hall–Kier alpha value is -3.51. The van der Waals surface area contributed by atoms with Crippen molar-refractivity contribution in [2.45, 2.75) is 13.0 Å². The molecule has 148 valence electrons. The summed E-state index contributed by atoms with van der Waals surface area (Å²) in [5.74, 6) is 2.79. The number of nitrogens with one attached hydrogen (secondary N) is 2. The second-order valence-corrected chi connectivity index (χ2v) is 6.57. The average molecular weight is 390 g/mol. The molecule has 3 aromatic carbocycles. The van der Waals surface area contributed by atoms with E-state index < -0.39 is 0 Å². The number of carbonyl (C=O) groups excluding carboxylic acids is 1. The van der Waals surface area contributed by atoms with Crippen LogP contribution < -0.4 is 24.8 Å². The smallest absolute Gasteiger partial charge is 0.231 e. The fraction of sp³-hybridized carbons (Fsp3) is 0.174. The zero-order valence-electron chi connectivity index (χ0n) is 15.9. The molecule has 0 fully saturated rings. The molecule has 3 aromatic rings. The molecule has 0 saturated heterocycles. The molecular weight excluding hydrogens is 368 g/mol. The second kappa shape index (κ2) is 9.12. The van der Waals surface area contributed by atoms with Gasteiger partial charge in [0.05, 0.1) is 5.69 Å². The molecule has 4 rings (SSSR count). The van der Waals surface area contributed by atoms with E-state index in [1.165, 1.54) is 0 Å². The minimum absolute atomic E-state index is 0.0766. The summed E-state index contributed by atoms with van der Waals surface area (Å²) in [6.07, 6.45) is 0.351. The summed E-state index contributed by atoms with van der Waals surface area (Å²) in [5.41, 5.74) is 1.73. The highest BCUT2D eigenvalue weighted by Gasteiger charge is 2.13. The lowest BCUT2D eigenvalue weighted by Crippen LogP contribution is -2.21. The molecule has 2 N–H and O–H groups in total. The lowest BCUT2D eigenvalue weighted by atomic mass is 10.2. The van der Waals surface area contributed by atoms with Gasteiger partial charge in [0.1, 0.15) is 5.75 Å². The van der Waals surface area contributed by atoms with Crippen LogP contribution >= 0.6 is 0 Å². The van der Waals surface area contributed by atoms with Gasteiger partial charge in [-0.3, -0.25) is 4.79 Å². The standard InChI is InChI=1S/C23H22N2O4/c26-23(12-13-24-15-17-10-11-21-22(14-17)28-16-27-21)25-19-8-4-5-9-20(19)29-18-6-2-1-3-7-18/h1-11,14,24H,12-13,15-16H2,(H,25,26). The second-order valence-electron chi connectivity index (χ2n) is 6.57. The summed E-state index contributed by atoms with van der Waals surface area (Å²) in [4.78, 5) is 12.3. The quantitative estimate of drug-likeness (QED) is 0.561. The summed E-state index contributed by atoms with van der Waals surface area (Å²) in [6, 6.07) is 22.7. The third-order valence-corrected chi connectivity index (χ3v) is 4.43. The first kappa shape index (κ1) is 18.8. The SMILES string of the molecule is O=C(CCNCc1ccc2c(c1)OCO2)Nc1ccccc1Oc1ccccc1. The van der Waals surface area contributed by atoms with Gasteiger partial charge in [-0.05, 0) is 42.0 Å². The van der Waals surface area contributed by atoms with E-state index in [9.17, 15) is 4.79 Å². The van der Waals surface area contributed by atoms with Crippen LogP contribution in [0.4, 0.5) is 5.69 Å². The van der Waals surface area contributed by atoms with Gasteiger partial charge in [0, 0.05) is 19.5 Å². The number of anilines is 1. The van der Waals surface area contributed by atoms with Crippen molar-refractivity contribution in [2.75, 3.05) is 18.7 Å². The molecule has 0 atom stereocenters. The van der Waals surface area contributed by atoms with Gasteiger partial charge >= 0.3 is 0 Å². The number of hydrogen-bond donors (Lipinski definition) is 2. The molecule has 0 aliphatic carbocycles. The summed E-state index contributed by atoms with van der Waals surface area (Å²) in [7, 11) is 0. The maximum atomic E-state index is 12.3. The minimum atomic E-state index is -0.0766. The fourth-order valence-corrected chi connectivity index (χ4v) is 2.97. The van der Waals surface area contributed by atoms with Gasteiger partial charge in [-0.2, -0.15) is 0 Å². The summed E-state index contributed by atoms with van der Waals surface area (Å²) >= 11 is 0. The largest absolute Gasteiger partial charge is 0.455 e. The van der Waals surface area contributed by atoms with E-state index in [0.717, 1.165) is 22.8 Å². The van der Waals surface area contributed by atoms with Crippen molar-refractivity contribution < 1.29 is 19.0 Å². The Morgan fingerprint density at radius 2 is 1.72 bits per heavy atom. The normalized spacial score (nSPS) is 11.9. The van der Waals surface area contributed by atoms with Crippen molar-refractivity contribution in [3.63, 3.8) is 0 Å². The van der Waals surface area contributed by atoms with Crippen LogP contribution in [-0.2, 0) is 11.3 Å². The summed E-state index contributed by atoms with van der Waals surface area (Å²) in [5, 5.41) is 6.20. The predicted octanol–water partition coefficient (Wildman–Crippen LogP) is 4.33. The van der Waals surface area contributed by atoms with E-state index in [4.69, 9.17) is 14.2 Å². The Bertz CT molecular complexity index is 976. The topological polar surface area (TPSA) is 68.8 Å². The van der Waals surface area contributed by atoms with Crippen LogP contribution in [0.2, 0.25) is 0 Å². The van der Waals surface area contributed by atoms with Crippen molar-refractivity contribution in [1.29, 1.82) is 0 Å². The number of fused-ring (bicyclic) bond motifs is 1. The average Bonchev–Trinajstić information content (AvgIpc) is 3.21. The molecule has 0 saturated carbocycles. The molecular formula is C23H22N2O4. The molecule has 0 unspecified atom stereocenters. The molecule has 0 aromatic heterocycles. The van der Waals surface area contributed by atoms with Crippen LogP contribution in [0.1, 0.15) is 12.0 Å². The Kier molecular flexibility index (Phi) is 5.92. The number of hydrogen-bond acceptors (Lipinski definition) is 5. The molecule has 0 bridgehead atoms. The summed E-state index contributed by atoms with van der Waals surface area (Å²) in [6.45, 7) is 1.47. The van der Waals surface area contributed by atoms with Gasteiger partial charge < -0.3 is 24.8 Å².